The van der Waals surface area contributed by atoms with Crippen LogP contribution in [0.3, 0.4) is 0 Å². The number of anilines is 1. The summed E-state index contributed by atoms with van der Waals surface area (Å²) in [6.07, 6.45) is 0. The highest BCUT2D eigenvalue weighted by Gasteiger charge is 2.13. The first-order valence-electron chi connectivity index (χ1n) is 4.74. The van der Waals surface area contributed by atoms with Crippen LogP contribution in [0.2, 0.25) is 0 Å². The maximum absolute atomic E-state index is 11.5. The van der Waals surface area contributed by atoms with Crippen LogP contribution in [0.4, 0.5) is 5.69 Å². The molecule has 0 aliphatic heterocycles. The van der Waals surface area contributed by atoms with Crippen LogP contribution in [-0.2, 0) is 11.8 Å². The monoisotopic (exact) mass is 195 g/mol. The molecule has 0 bridgehead atoms. The molecule has 0 saturated heterocycles. The van der Waals surface area contributed by atoms with E-state index in [1.165, 1.54) is 0 Å². The minimum atomic E-state index is -0.00555. The van der Waals surface area contributed by atoms with Crippen LogP contribution in [0.25, 0.3) is 0 Å². The number of carbonyl (C=O) groups excluding carboxylic acids is 1. The molecule has 0 atom stereocenters. The lowest BCUT2D eigenvalue weighted by Gasteiger charge is -2.07. The van der Waals surface area contributed by atoms with Crippen molar-refractivity contribution in [3.8, 4) is 0 Å². The summed E-state index contributed by atoms with van der Waals surface area (Å²) in [5, 5.41) is 7.10. The van der Waals surface area contributed by atoms with E-state index in [2.05, 4.69) is 10.4 Å². The van der Waals surface area contributed by atoms with E-state index in [0.717, 1.165) is 17.1 Å². The van der Waals surface area contributed by atoms with Crippen molar-refractivity contribution >= 4 is 11.6 Å². The van der Waals surface area contributed by atoms with E-state index in [1.807, 2.05) is 34.7 Å². The Morgan fingerprint density at radius 1 is 1.43 bits per heavy atom. The molecule has 1 amide bonds. The molecule has 4 heteroatoms. The standard InChI is InChI=1S/C10H17N3O/c1-6(2)10(14)11-9-7(3)12-13(5)8(9)4/h6H,1-5H3,(H,11,14). The lowest BCUT2D eigenvalue weighted by Crippen LogP contribution is -2.18. The van der Waals surface area contributed by atoms with Crippen LogP contribution < -0.4 is 5.32 Å². The molecule has 0 unspecified atom stereocenters. The zero-order valence-electron chi connectivity index (χ0n) is 9.38. The predicted molar refractivity (Wildman–Crippen MR) is 56.1 cm³/mol. The van der Waals surface area contributed by atoms with Crippen LogP contribution in [0.1, 0.15) is 25.2 Å². The predicted octanol–water partition coefficient (Wildman–Crippen LogP) is 1.63. The second kappa shape index (κ2) is 3.82. The van der Waals surface area contributed by atoms with Crippen molar-refractivity contribution in [2.75, 3.05) is 5.32 Å². The van der Waals surface area contributed by atoms with Crippen molar-refractivity contribution in [2.24, 2.45) is 13.0 Å². The summed E-state index contributed by atoms with van der Waals surface area (Å²) in [5.74, 6) is 0.0261. The number of nitrogens with one attached hydrogen (secondary N) is 1. The second-order valence-electron chi connectivity index (χ2n) is 3.81. The molecule has 1 N–H and O–H groups in total. The summed E-state index contributed by atoms with van der Waals surface area (Å²) in [6, 6.07) is 0. The maximum Gasteiger partial charge on any atom is 0.227 e. The maximum atomic E-state index is 11.5. The molecular weight excluding hydrogens is 178 g/mol. The first-order valence-corrected chi connectivity index (χ1v) is 4.74. The number of amides is 1. The molecule has 0 radical (unpaired) electrons. The largest absolute Gasteiger partial charge is 0.323 e. The van der Waals surface area contributed by atoms with Gasteiger partial charge in [-0.2, -0.15) is 5.10 Å². The van der Waals surface area contributed by atoms with Gasteiger partial charge in [-0.05, 0) is 13.8 Å². The topological polar surface area (TPSA) is 46.9 Å². The third kappa shape index (κ3) is 1.95. The average Bonchev–Trinajstić information content (AvgIpc) is 2.32. The number of hydrogen-bond donors (Lipinski definition) is 1. The van der Waals surface area contributed by atoms with Gasteiger partial charge in [-0.1, -0.05) is 13.8 Å². The highest BCUT2D eigenvalue weighted by atomic mass is 16.1. The van der Waals surface area contributed by atoms with E-state index >= 15 is 0 Å². The number of carbonyl (C=O) groups is 1. The Morgan fingerprint density at radius 2 is 2.00 bits per heavy atom. The minimum absolute atomic E-state index is 0.00555. The van der Waals surface area contributed by atoms with Gasteiger partial charge in [0.25, 0.3) is 0 Å². The Bertz CT molecular complexity index is 352. The highest BCUT2D eigenvalue weighted by molar-refractivity contribution is 5.93. The fraction of sp³-hybridized carbons (Fsp3) is 0.600. The molecule has 0 aliphatic rings. The number of aryl methyl sites for hydroxylation is 2. The summed E-state index contributed by atoms with van der Waals surface area (Å²) in [5.41, 5.74) is 2.68. The molecular formula is C10H17N3O. The van der Waals surface area contributed by atoms with Gasteiger partial charge >= 0.3 is 0 Å². The lowest BCUT2D eigenvalue weighted by atomic mass is 10.2. The Kier molecular flexibility index (Phi) is 2.93. The summed E-state index contributed by atoms with van der Waals surface area (Å²) in [7, 11) is 1.87. The van der Waals surface area contributed by atoms with Gasteiger partial charge in [-0.3, -0.25) is 9.48 Å². The fourth-order valence-corrected chi connectivity index (χ4v) is 1.22. The van der Waals surface area contributed by atoms with Crippen LogP contribution in [0, 0.1) is 19.8 Å². The van der Waals surface area contributed by atoms with Gasteiger partial charge < -0.3 is 5.32 Å². The Balaban J connectivity index is 2.92. The summed E-state index contributed by atoms with van der Waals surface area (Å²) in [6.45, 7) is 7.58. The van der Waals surface area contributed by atoms with Crippen molar-refractivity contribution in [2.45, 2.75) is 27.7 Å². The molecule has 0 aliphatic carbocycles. The van der Waals surface area contributed by atoms with E-state index in [4.69, 9.17) is 0 Å². The van der Waals surface area contributed by atoms with Gasteiger partial charge in [0.1, 0.15) is 0 Å². The van der Waals surface area contributed by atoms with Crippen LogP contribution in [-0.4, -0.2) is 15.7 Å². The van der Waals surface area contributed by atoms with Crippen molar-refractivity contribution in [3.05, 3.63) is 11.4 Å². The highest BCUT2D eigenvalue weighted by Crippen LogP contribution is 2.18. The van der Waals surface area contributed by atoms with Gasteiger partial charge in [-0.25, -0.2) is 0 Å². The van der Waals surface area contributed by atoms with Gasteiger partial charge in [0.05, 0.1) is 17.1 Å². The molecule has 0 aromatic carbocycles. The quantitative estimate of drug-likeness (QED) is 0.779. The zero-order valence-corrected chi connectivity index (χ0v) is 9.38. The number of nitrogens with zero attached hydrogens (tertiary/aromatic N) is 2. The van der Waals surface area contributed by atoms with Crippen LogP contribution >= 0.6 is 0 Å². The third-order valence-corrected chi connectivity index (χ3v) is 2.28. The van der Waals surface area contributed by atoms with Crippen molar-refractivity contribution in [1.29, 1.82) is 0 Å². The van der Waals surface area contributed by atoms with E-state index in [-0.39, 0.29) is 11.8 Å². The third-order valence-electron chi connectivity index (χ3n) is 2.28. The summed E-state index contributed by atoms with van der Waals surface area (Å²) >= 11 is 0. The van der Waals surface area contributed by atoms with Crippen LogP contribution in [0.5, 0.6) is 0 Å². The molecule has 0 fully saturated rings. The normalized spacial score (nSPS) is 10.7. The van der Waals surface area contributed by atoms with Crippen molar-refractivity contribution in [1.82, 2.24) is 9.78 Å². The molecule has 78 valence electrons. The Morgan fingerprint density at radius 3 is 2.36 bits per heavy atom. The zero-order chi connectivity index (χ0) is 10.9. The van der Waals surface area contributed by atoms with E-state index in [9.17, 15) is 4.79 Å². The molecule has 14 heavy (non-hydrogen) atoms. The number of rotatable bonds is 2. The number of hydrogen-bond acceptors (Lipinski definition) is 2. The first-order chi connectivity index (χ1) is 6.43. The summed E-state index contributed by atoms with van der Waals surface area (Å²) in [4.78, 5) is 11.5. The molecule has 4 nitrogen and oxygen atoms in total. The smallest absolute Gasteiger partial charge is 0.227 e. The molecule has 1 aromatic rings. The van der Waals surface area contributed by atoms with E-state index in [0.29, 0.717) is 0 Å². The van der Waals surface area contributed by atoms with Gasteiger partial charge in [0.15, 0.2) is 0 Å². The molecule has 1 heterocycles. The molecule has 0 saturated carbocycles. The summed E-state index contributed by atoms with van der Waals surface area (Å²) < 4.78 is 1.77. The SMILES string of the molecule is Cc1nn(C)c(C)c1NC(=O)C(C)C. The second-order valence-corrected chi connectivity index (χ2v) is 3.81. The average molecular weight is 195 g/mol. The van der Waals surface area contributed by atoms with Gasteiger partial charge in [0.2, 0.25) is 5.91 Å². The Hall–Kier alpha value is -1.32. The number of aromatic nitrogens is 2. The van der Waals surface area contributed by atoms with Gasteiger partial charge in [0, 0.05) is 13.0 Å². The fourth-order valence-electron chi connectivity index (χ4n) is 1.22. The Labute approximate surface area is 84.3 Å². The first kappa shape index (κ1) is 10.8. The van der Waals surface area contributed by atoms with Crippen LogP contribution in [0.15, 0.2) is 0 Å². The van der Waals surface area contributed by atoms with E-state index < -0.39 is 0 Å². The molecule has 0 spiro atoms. The lowest BCUT2D eigenvalue weighted by molar-refractivity contribution is -0.118. The van der Waals surface area contributed by atoms with Gasteiger partial charge in [-0.15, -0.1) is 0 Å². The van der Waals surface area contributed by atoms with Crippen molar-refractivity contribution < 1.29 is 4.79 Å². The molecule has 1 aromatic heterocycles. The van der Waals surface area contributed by atoms with Crippen molar-refractivity contribution in [3.63, 3.8) is 0 Å². The molecule has 1 rings (SSSR count). The van der Waals surface area contributed by atoms with E-state index in [1.54, 1.807) is 4.68 Å². The minimum Gasteiger partial charge on any atom is -0.323 e.